The molecular weight excluding hydrogens is 264 g/mol. The standard InChI is InChI=1S/C17H24N2O2/c20-17(12-14-4-2-1-3-5-14)19-11-8-16(13-19)21-15-6-9-18-10-7-15/h6-7,9-10,14,16H,1-5,8,11-13H2/t16-/m1/s1. The quantitative estimate of drug-likeness (QED) is 0.855. The van der Waals surface area contributed by atoms with E-state index in [1.807, 2.05) is 17.0 Å². The van der Waals surface area contributed by atoms with Crippen molar-refractivity contribution < 1.29 is 9.53 Å². The lowest BCUT2D eigenvalue weighted by molar-refractivity contribution is -0.131. The molecule has 1 aromatic heterocycles. The van der Waals surface area contributed by atoms with Gasteiger partial charge >= 0.3 is 0 Å². The van der Waals surface area contributed by atoms with E-state index in [4.69, 9.17) is 4.74 Å². The molecule has 0 aromatic carbocycles. The fraction of sp³-hybridized carbons (Fsp3) is 0.647. The van der Waals surface area contributed by atoms with Crippen LogP contribution in [0.25, 0.3) is 0 Å². The number of amides is 1. The number of nitrogens with zero attached hydrogens (tertiary/aromatic N) is 2. The Kier molecular flexibility index (Phi) is 4.73. The highest BCUT2D eigenvalue weighted by Crippen LogP contribution is 2.27. The van der Waals surface area contributed by atoms with Crippen molar-refractivity contribution in [3.05, 3.63) is 24.5 Å². The van der Waals surface area contributed by atoms with Gasteiger partial charge in [0.05, 0.1) is 6.54 Å². The smallest absolute Gasteiger partial charge is 0.222 e. The van der Waals surface area contributed by atoms with Crippen LogP contribution in [0.2, 0.25) is 0 Å². The molecule has 1 saturated heterocycles. The van der Waals surface area contributed by atoms with Gasteiger partial charge in [-0.15, -0.1) is 0 Å². The van der Waals surface area contributed by atoms with E-state index in [0.717, 1.165) is 31.7 Å². The summed E-state index contributed by atoms with van der Waals surface area (Å²) in [7, 11) is 0. The van der Waals surface area contributed by atoms with E-state index in [9.17, 15) is 4.79 Å². The Bertz CT molecular complexity index is 457. The second kappa shape index (κ2) is 6.92. The van der Waals surface area contributed by atoms with Gasteiger partial charge in [-0.3, -0.25) is 9.78 Å². The maximum absolute atomic E-state index is 12.4. The molecule has 2 heterocycles. The van der Waals surface area contributed by atoms with Crippen LogP contribution in [0.3, 0.4) is 0 Å². The Morgan fingerprint density at radius 3 is 2.71 bits per heavy atom. The molecule has 114 valence electrons. The normalized spacial score (nSPS) is 23.2. The zero-order valence-corrected chi connectivity index (χ0v) is 12.5. The van der Waals surface area contributed by atoms with Gasteiger partial charge in [0.1, 0.15) is 11.9 Å². The van der Waals surface area contributed by atoms with Gasteiger partial charge in [-0.05, 0) is 30.9 Å². The summed E-state index contributed by atoms with van der Waals surface area (Å²) in [6, 6.07) is 3.74. The van der Waals surface area contributed by atoms with E-state index in [1.165, 1.54) is 32.1 Å². The first-order valence-corrected chi connectivity index (χ1v) is 8.16. The van der Waals surface area contributed by atoms with Crippen molar-refractivity contribution in [2.75, 3.05) is 13.1 Å². The molecule has 1 saturated carbocycles. The number of carbonyl (C=O) groups excluding carboxylic acids is 1. The Labute approximate surface area is 126 Å². The minimum atomic E-state index is 0.128. The van der Waals surface area contributed by atoms with Crippen LogP contribution in [0.15, 0.2) is 24.5 Å². The predicted octanol–water partition coefficient (Wildman–Crippen LogP) is 3.03. The minimum absolute atomic E-state index is 0.128. The van der Waals surface area contributed by atoms with E-state index in [-0.39, 0.29) is 6.10 Å². The van der Waals surface area contributed by atoms with Gasteiger partial charge in [0.2, 0.25) is 5.91 Å². The predicted molar refractivity (Wildman–Crippen MR) is 81.0 cm³/mol. The van der Waals surface area contributed by atoms with Crippen molar-refractivity contribution in [3.8, 4) is 5.75 Å². The molecule has 0 bridgehead atoms. The number of hydrogen-bond donors (Lipinski definition) is 0. The Balaban J connectivity index is 1.46. The third kappa shape index (κ3) is 3.96. The molecule has 3 rings (SSSR count). The first-order chi connectivity index (χ1) is 10.3. The van der Waals surface area contributed by atoms with Crippen molar-refractivity contribution in [2.45, 2.75) is 51.0 Å². The maximum Gasteiger partial charge on any atom is 0.222 e. The molecule has 0 N–H and O–H groups in total. The number of rotatable bonds is 4. The number of likely N-dealkylation sites (tertiary alicyclic amines) is 1. The number of ether oxygens (including phenoxy) is 1. The van der Waals surface area contributed by atoms with E-state index in [2.05, 4.69) is 4.98 Å². The van der Waals surface area contributed by atoms with Crippen LogP contribution in [0.5, 0.6) is 5.75 Å². The topological polar surface area (TPSA) is 42.4 Å². The van der Waals surface area contributed by atoms with Crippen LogP contribution >= 0.6 is 0 Å². The van der Waals surface area contributed by atoms with Gasteiger partial charge in [0.15, 0.2) is 0 Å². The largest absolute Gasteiger partial charge is 0.488 e. The van der Waals surface area contributed by atoms with Crippen LogP contribution < -0.4 is 4.74 Å². The highest BCUT2D eigenvalue weighted by atomic mass is 16.5. The van der Waals surface area contributed by atoms with Crippen molar-refractivity contribution in [3.63, 3.8) is 0 Å². The van der Waals surface area contributed by atoms with Crippen LogP contribution in [0.1, 0.15) is 44.9 Å². The second-order valence-electron chi connectivity index (χ2n) is 6.26. The fourth-order valence-electron chi connectivity index (χ4n) is 3.43. The summed E-state index contributed by atoms with van der Waals surface area (Å²) in [5, 5.41) is 0. The number of carbonyl (C=O) groups is 1. The number of pyridine rings is 1. The Hall–Kier alpha value is -1.58. The average Bonchev–Trinajstić information content (AvgIpc) is 2.98. The fourth-order valence-corrected chi connectivity index (χ4v) is 3.43. The third-order valence-corrected chi connectivity index (χ3v) is 4.64. The van der Waals surface area contributed by atoms with Crippen LogP contribution in [0.4, 0.5) is 0 Å². The van der Waals surface area contributed by atoms with Crippen LogP contribution in [-0.2, 0) is 4.79 Å². The zero-order valence-electron chi connectivity index (χ0n) is 12.5. The van der Waals surface area contributed by atoms with Crippen molar-refractivity contribution in [2.24, 2.45) is 5.92 Å². The molecule has 1 aliphatic carbocycles. The molecule has 1 atom stereocenters. The summed E-state index contributed by atoms with van der Waals surface area (Å²) in [6.07, 6.45) is 11.7. The summed E-state index contributed by atoms with van der Waals surface area (Å²) < 4.78 is 5.91. The van der Waals surface area contributed by atoms with Gasteiger partial charge in [0.25, 0.3) is 0 Å². The molecule has 4 nitrogen and oxygen atoms in total. The summed E-state index contributed by atoms with van der Waals surface area (Å²) in [6.45, 7) is 1.56. The second-order valence-corrected chi connectivity index (χ2v) is 6.26. The molecular formula is C17H24N2O2. The summed E-state index contributed by atoms with van der Waals surface area (Å²) in [4.78, 5) is 18.3. The molecule has 2 aliphatic rings. The molecule has 1 aromatic rings. The summed E-state index contributed by atoms with van der Waals surface area (Å²) in [5.74, 6) is 1.78. The summed E-state index contributed by atoms with van der Waals surface area (Å²) in [5.41, 5.74) is 0. The summed E-state index contributed by atoms with van der Waals surface area (Å²) >= 11 is 0. The van der Waals surface area contributed by atoms with Crippen molar-refractivity contribution in [1.82, 2.24) is 9.88 Å². The third-order valence-electron chi connectivity index (χ3n) is 4.64. The van der Waals surface area contributed by atoms with Crippen molar-refractivity contribution >= 4 is 5.91 Å². The Morgan fingerprint density at radius 2 is 1.95 bits per heavy atom. The van der Waals surface area contributed by atoms with Gasteiger partial charge < -0.3 is 9.64 Å². The van der Waals surface area contributed by atoms with E-state index >= 15 is 0 Å². The Morgan fingerprint density at radius 1 is 1.19 bits per heavy atom. The highest BCUT2D eigenvalue weighted by Gasteiger charge is 2.29. The first-order valence-electron chi connectivity index (χ1n) is 8.16. The average molecular weight is 288 g/mol. The van der Waals surface area contributed by atoms with Gasteiger partial charge in [-0.2, -0.15) is 0 Å². The van der Waals surface area contributed by atoms with Crippen LogP contribution in [0, 0.1) is 5.92 Å². The lowest BCUT2D eigenvalue weighted by atomic mass is 9.87. The molecule has 1 amide bonds. The minimum Gasteiger partial charge on any atom is -0.488 e. The molecule has 2 fully saturated rings. The molecule has 4 heteroatoms. The first kappa shape index (κ1) is 14.4. The maximum atomic E-state index is 12.4. The lowest BCUT2D eigenvalue weighted by Crippen LogP contribution is -2.32. The molecule has 1 aliphatic heterocycles. The van der Waals surface area contributed by atoms with E-state index < -0.39 is 0 Å². The molecule has 21 heavy (non-hydrogen) atoms. The van der Waals surface area contributed by atoms with E-state index in [1.54, 1.807) is 12.4 Å². The van der Waals surface area contributed by atoms with E-state index in [0.29, 0.717) is 11.8 Å². The SMILES string of the molecule is O=C(CC1CCCCC1)N1CC[C@@H](Oc2ccncc2)C1. The number of hydrogen-bond acceptors (Lipinski definition) is 3. The van der Waals surface area contributed by atoms with Gasteiger partial charge in [-0.25, -0.2) is 0 Å². The highest BCUT2D eigenvalue weighted by molar-refractivity contribution is 5.76. The van der Waals surface area contributed by atoms with Crippen LogP contribution in [-0.4, -0.2) is 35.0 Å². The van der Waals surface area contributed by atoms with Crippen molar-refractivity contribution in [1.29, 1.82) is 0 Å². The van der Waals surface area contributed by atoms with Gasteiger partial charge in [-0.1, -0.05) is 19.3 Å². The van der Waals surface area contributed by atoms with Gasteiger partial charge in [0, 0.05) is 31.8 Å². The zero-order chi connectivity index (χ0) is 14.5. The number of aromatic nitrogens is 1. The monoisotopic (exact) mass is 288 g/mol. The lowest BCUT2D eigenvalue weighted by Gasteiger charge is -2.24. The molecule has 0 spiro atoms. The molecule has 0 unspecified atom stereocenters. The molecule has 0 radical (unpaired) electrons.